The quantitative estimate of drug-likeness (QED) is 0.860. The fourth-order valence-corrected chi connectivity index (χ4v) is 2.41. The van der Waals surface area contributed by atoms with E-state index in [0.29, 0.717) is 6.42 Å². The van der Waals surface area contributed by atoms with E-state index >= 15 is 0 Å². The lowest BCUT2D eigenvalue weighted by molar-refractivity contribution is -0.143. The van der Waals surface area contributed by atoms with Gasteiger partial charge in [-0.3, -0.25) is 4.79 Å². The number of nitrogens with one attached hydrogen (secondary N) is 1. The number of carboxylic acid groups (broad SMARTS) is 1. The van der Waals surface area contributed by atoms with Gasteiger partial charge in [-0.05, 0) is 25.0 Å². The van der Waals surface area contributed by atoms with E-state index in [2.05, 4.69) is 5.32 Å². The van der Waals surface area contributed by atoms with Gasteiger partial charge < -0.3 is 14.8 Å². The third kappa shape index (κ3) is 3.47. The summed E-state index contributed by atoms with van der Waals surface area (Å²) >= 11 is 0. The second-order valence-electron chi connectivity index (χ2n) is 5.71. The number of aliphatic carboxylic acids is 1. The number of hydrogen-bond donors (Lipinski definition) is 2. The fraction of sp³-hybridized carbons (Fsp3) is 0.412. The number of rotatable bonds is 6. The summed E-state index contributed by atoms with van der Waals surface area (Å²) in [5, 5.41) is 12.7. The predicted molar refractivity (Wildman–Crippen MR) is 83.7 cm³/mol. The van der Waals surface area contributed by atoms with Gasteiger partial charge in [-0.2, -0.15) is 0 Å². The second-order valence-corrected chi connectivity index (χ2v) is 5.71. The van der Waals surface area contributed by atoms with Crippen LogP contribution in [0.5, 0.6) is 0 Å². The number of benzene rings is 1. The number of aryl methyl sites for hydroxylation is 1. The third-order valence-corrected chi connectivity index (χ3v) is 3.96. The lowest BCUT2D eigenvalue weighted by atomic mass is 9.99. The molecule has 1 amide bonds. The van der Waals surface area contributed by atoms with Crippen LogP contribution in [-0.2, 0) is 16.0 Å². The Kier molecular flexibility index (Phi) is 4.85. The molecule has 0 radical (unpaired) electrons. The summed E-state index contributed by atoms with van der Waals surface area (Å²) in [4.78, 5) is 23.4. The van der Waals surface area contributed by atoms with E-state index in [1.54, 1.807) is 6.26 Å². The number of carbonyl (C=O) groups is 2. The molecular weight excluding hydrogens is 282 g/mol. The Balaban J connectivity index is 2.13. The fourth-order valence-electron chi connectivity index (χ4n) is 2.41. The van der Waals surface area contributed by atoms with E-state index in [4.69, 9.17) is 4.42 Å². The molecule has 5 nitrogen and oxygen atoms in total. The Morgan fingerprint density at radius 3 is 2.73 bits per heavy atom. The maximum absolute atomic E-state index is 12.2. The molecule has 2 atom stereocenters. The summed E-state index contributed by atoms with van der Waals surface area (Å²) < 4.78 is 5.43. The van der Waals surface area contributed by atoms with Crippen LogP contribution < -0.4 is 5.32 Å². The lowest BCUT2D eigenvalue weighted by Crippen LogP contribution is -2.45. The zero-order valence-corrected chi connectivity index (χ0v) is 13.1. The van der Waals surface area contributed by atoms with Crippen LogP contribution in [0.3, 0.4) is 0 Å². The molecule has 2 aromatic rings. The number of hydrogen-bond acceptors (Lipinski definition) is 3. The number of amides is 1. The molecule has 2 rings (SSSR count). The Bertz CT molecular complexity index is 689. The average molecular weight is 303 g/mol. The van der Waals surface area contributed by atoms with Gasteiger partial charge in [-0.15, -0.1) is 0 Å². The van der Waals surface area contributed by atoms with E-state index in [1.807, 2.05) is 39.0 Å². The molecule has 2 N–H and O–H groups in total. The minimum Gasteiger partial charge on any atom is -0.480 e. The van der Waals surface area contributed by atoms with Crippen molar-refractivity contribution in [3.63, 3.8) is 0 Å². The normalized spacial score (nSPS) is 13.8. The highest BCUT2D eigenvalue weighted by atomic mass is 16.4. The zero-order chi connectivity index (χ0) is 16.3. The first-order valence-corrected chi connectivity index (χ1v) is 7.41. The number of carbonyl (C=O) groups excluding carboxylic acids is 1. The van der Waals surface area contributed by atoms with Crippen molar-refractivity contribution in [1.82, 2.24) is 5.32 Å². The van der Waals surface area contributed by atoms with Crippen molar-refractivity contribution < 1.29 is 19.1 Å². The maximum Gasteiger partial charge on any atom is 0.326 e. The highest BCUT2D eigenvalue weighted by molar-refractivity contribution is 5.90. The molecule has 0 aliphatic carbocycles. The molecule has 5 heteroatoms. The van der Waals surface area contributed by atoms with Gasteiger partial charge in [0.1, 0.15) is 11.6 Å². The Morgan fingerprint density at radius 1 is 1.36 bits per heavy atom. The summed E-state index contributed by atoms with van der Waals surface area (Å²) in [7, 11) is 0. The molecular formula is C17H21NO4. The molecule has 0 spiro atoms. The number of fused-ring (bicyclic) bond motifs is 1. The van der Waals surface area contributed by atoms with E-state index in [1.165, 1.54) is 0 Å². The minimum atomic E-state index is -1.00. The smallest absolute Gasteiger partial charge is 0.326 e. The number of carboxylic acids is 1. The Labute approximate surface area is 129 Å². The summed E-state index contributed by atoms with van der Waals surface area (Å²) in [5.41, 5.74) is 2.58. The summed E-state index contributed by atoms with van der Waals surface area (Å²) in [6.07, 6.45) is 2.35. The molecule has 118 valence electrons. The highest BCUT2D eigenvalue weighted by Crippen LogP contribution is 2.23. The van der Waals surface area contributed by atoms with Gasteiger partial charge in [0.05, 0.1) is 12.7 Å². The van der Waals surface area contributed by atoms with Crippen molar-refractivity contribution in [2.24, 2.45) is 5.92 Å². The topological polar surface area (TPSA) is 79.5 Å². The van der Waals surface area contributed by atoms with E-state index in [9.17, 15) is 14.7 Å². The van der Waals surface area contributed by atoms with E-state index in [-0.39, 0.29) is 18.2 Å². The van der Waals surface area contributed by atoms with Gasteiger partial charge in [0.25, 0.3) is 0 Å². The molecule has 0 aliphatic heterocycles. The van der Waals surface area contributed by atoms with Gasteiger partial charge in [0.2, 0.25) is 5.91 Å². The van der Waals surface area contributed by atoms with Crippen molar-refractivity contribution in [3.05, 3.63) is 35.6 Å². The third-order valence-electron chi connectivity index (χ3n) is 3.96. The summed E-state index contributed by atoms with van der Waals surface area (Å²) in [5.74, 6) is -1.43. The van der Waals surface area contributed by atoms with Crippen molar-refractivity contribution in [2.45, 2.75) is 39.7 Å². The average Bonchev–Trinajstić information content (AvgIpc) is 2.86. The molecule has 1 aromatic heterocycles. The molecule has 22 heavy (non-hydrogen) atoms. The monoisotopic (exact) mass is 303 g/mol. The van der Waals surface area contributed by atoms with E-state index < -0.39 is 12.0 Å². The summed E-state index contributed by atoms with van der Waals surface area (Å²) in [6, 6.07) is 4.91. The van der Waals surface area contributed by atoms with Crippen LogP contribution in [0.2, 0.25) is 0 Å². The zero-order valence-electron chi connectivity index (χ0n) is 13.1. The van der Waals surface area contributed by atoms with Crippen LogP contribution in [0.1, 0.15) is 31.4 Å². The van der Waals surface area contributed by atoms with Crippen LogP contribution in [0, 0.1) is 12.8 Å². The van der Waals surface area contributed by atoms with Crippen molar-refractivity contribution in [3.8, 4) is 0 Å². The second kappa shape index (κ2) is 6.64. The van der Waals surface area contributed by atoms with Gasteiger partial charge in [0.15, 0.2) is 0 Å². The molecule has 0 saturated heterocycles. The minimum absolute atomic E-state index is 0.108. The molecule has 0 fully saturated rings. The summed E-state index contributed by atoms with van der Waals surface area (Å²) in [6.45, 7) is 5.69. The van der Waals surface area contributed by atoms with Crippen LogP contribution in [-0.4, -0.2) is 23.0 Å². The molecule has 1 aromatic carbocycles. The van der Waals surface area contributed by atoms with Crippen LogP contribution in [0.15, 0.2) is 28.9 Å². The molecule has 1 heterocycles. The lowest BCUT2D eigenvalue weighted by Gasteiger charge is -2.19. The maximum atomic E-state index is 12.2. The van der Waals surface area contributed by atoms with Crippen LogP contribution in [0.25, 0.3) is 11.0 Å². The first-order valence-electron chi connectivity index (χ1n) is 7.41. The van der Waals surface area contributed by atoms with Gasteiger partial charge >= 0.3 is 5.97 Å². The van der Waals surface area contributed by atoms with Gasteiger partial charge in [0, 0.05) is 10.9 Å². The Morgan fingerprint density at radius 2 is 2.09 bits per heavy atom. The molecule has 0 aliphatic rings. The van der Waals surface area contributed by atoms with Crippen molar-refractivity contribution in [1.29, 1.82) is 0 Å². The molecule has 0 saturated carbocycles. The molecule has 0 bridgehead atoms. The van der Waals surface area contributed by atoms with E-state index in [0.717, 1.165) is 22.1 Å². The predicted octanol–water partition coefficient (Wildman–Crippen LogP) is 2.90. The van der Waals surface area contributed by atoms with Crippen LogP contribution in [0.4, 0.5) is 0 Å². The Hall–Kier alpha value is -2.30. The van der Waals surface area contributed by atoms with Crippen molar-refractivity contribution >= 4 is 22.8 Å². The van der Waals surface area contributed by atoms with Gasteiger partial charge in [-0.25, -0.2) is 4.79 Å². The first kappa shape index (κ1) is 16.1. The highest BCUT2D eigenvalue weighted by Gasteiger charge is 2.25. The number of furan rings is 1. The molecule has 2 unspecified atom stereocenters. The standard InChI is InChI=1S/C17H21NO4/c1-4-11(3)16(17(20)21)18-15(19)8-12-9-22-14-6-5-10(2)7-13(12)14/h5-7,9,11,16H,4,8H2,1-3H3,(H,18,19)(H,20,21). The SMILES string of the molecule is CCC(C)C(NC(=O)Cc1coc2ccc(C)cc12)C(=O)O. The van der Waals surface area contributed by atoms with Gasteiger partial charge in [-0.1, -0.05) is 31.9 Å². The largest absolute Gasteiger partial charge is 0.480 e. The van der Waals surface area contributed by atoms with Crippen molar-refractivity contribution in [2.75, 3.05) is 0 Å². The first-order chi connectivity index (χ1) is 10.4. The van der Waals surface area contributed by atoms with Crippen LogP contribution >= 0.6 is 0 Å².